The van der Waals surface area contributed by atoms with Gasteiger partial charge in [-0.3, -0.25) is 5.41 Å². The predicted molar refractivity (Wildman–Crippen MR) is 103 cm³/mol. The summed E-state index contributed by atoms with van der Waals surface area (Å²) in [6.45, 7) is 3.46. The average Bonchev–Trinajstić information content (AvgIpc) is 2.94. The maximum atomic E-state index is 10.2. The standard InChI is InChI=1S/C21H22N4O5/c1-6-21-12(2)20(11-24,18(25)30-21)19(9-22,10-23)17(29-21)13-7-15(27-4)16(28-5)8-14(13)26-3/h7-8,12,17,25H,6H2,1-5H3. The van der Waals surface area contributed by atoms with Crippen LogP contribution in [0.2, 0.25) is 0 Å². The van der Waals surface area contributed by atoms with Gasteiger partial charge in [0.15, 0.2) is 16.9 Å². The van der Waals surface area contributed by atoms with Crippen molar-refractivity contribution in [1.82, 2.24) is 0 Å². The second-order valence-electron chi connectivity index (χ2n) is 7.22. The molecule has 4 atom stereocenters. The third-order valence-corrected chi connectivity index (χ3v) is 6.32. The van der Waals surface area contributed by atoms with Gasteiger partial charge in [0.25, 0.3) is 0 Å². The summed E-state index contributed by atoms with van der Waals surface area (Å²) in [5, 5.41) is 39.1. The van der Waals surface area contributed by atoms with Crippen molar-refractivity contribution in [1.29, 1.82) is 21.2 Å². The maximum absolute atomic E-state index is 10.2. The number of hydrogen-bond donors (Lipinski definition) is 1. The minimum Gasteiger partial charge on any atom is -0.496 e. The van der Waals surface area contributed by atoms with E-state index in [9.17, 15) is 15.8 Å². The van der Waals surface area contributed by atoms with E-state index >= 15 is 0 Å². The summed E-state index contributed by atoms with van der Waals surface area (Å²) < 4.78 is 28.2. The average molecular weight is 410 g/mol. The second kappa shape index (κ2) is 7.09. The maximum Gasteiger partial charge on any atom is 0.217 e. The quantitative estimate of drug-likeness (QED) is 0.780. The fraction of sp³-hybridized carbons (Fsp3) is 0.524. The molecule has 2 heterocycles. The van der Waals surface area contributed by atoms with Crippen LogP contribution in [0.1, 0.15) is 31.9 Å². The normalized spacial score (nSPS) is 30.9. The molecule has 1 aromatic rings. The van der Waals surface area contributed by atoms with E-state index in [1.165, 1.54) is 21.3 Å². The number of nitrogens with one attached hydrogen (secondary N) is 1. The molecule has 0 aliphatic carbocycles. The fourth-order valence-corrected chi connectivity index (χ4v) is 4.58. The van der Waals surface area contributed by atoms with Gasteiger partial charge < -0.3 is 23.7 Å². The van der Waals surface area contributed by atoms with Crippen molar-refractivity contribution in [3.05, 3.63) is 17.7 Å². The molecule has 2 aliphatic rings. The molecule has 1 N–H and O–H groups in total. The van der Waals surface area contributed by atoms with E-state index in [2.05, 4.69) is 6.07 Å². The van der Waals surface area contributed by atoms with Gasteiger partial charge in [0.1, 0.15) is 11.9 Å². The molecule has 9 nitrogen and oxygen atoms in total. The first-order valence-electron chi connectivity index (χ1n) is 9.30. The van der Waals surface area contributed by atoms with Gasteiger partial charge in [-0.2, -0.15) is 15.8 Å². The highest BCUT2D eigenvalue weighted by molar-refractivity contribution is 5.89. The van der Waals surface area contributed by atoms with Crippen LogP contribution in [0.25, 0.3) is 0 Å². The highest BCUT2D eigenvalue weighted by Crippen LogP contribution is 2.67. The molecule has 2 aliphatic heterocycles. The van der Waals surface area contributed by atoms with Gasteiger partial charge in [0, 0.05) is 18.1 Å². The SMILES string of the molecule is CCC12OC(=N)C(C#N)(C1C)C(C#N)(C#N)C(c1cc(OC)c(OC)cc1OC)O2. The molecule has 3 rings (SSSR count). The van der Waals surface area contributed by atoms with Gasteiger partial charge in [-0.1, -0.05) is 13.8 Å². The lowest BCUT2D eigenvalue weighted by molar-refractivity contribution is -0.280. The molecule has 0 saturated carbocycles. The Balaban J connectivity index is 2.39. The molecule has 4 unspecified atom stereocenters. The van der Waals surface area contributed by atoms with Crippen LogP contribution in [0.15, 0.2) is 12.1 Å². The number of benzene rings is 1. The van der Waals surface area contributed by atoms with Crippen molar-refractivity contribution in [2.75, 3.05) is 21.3 Å². The number of rotatable bonds is 5. The minimum absolute atomic E-state index is 0.285. The van der Waals surface area contributed by atoms with E-state index < -0.39 is 34.5 Å². The Morgan fingerprint density at radius 3 is 2.03 bits per heavy atom. The van der Waals surface area contributed by atoms with E-state index in [1.807, 2.05) is 12.1 Å². The number of nitriles is 3. The van der Waals surface area contributed by atoms with Crippen LogP contribution in [0, 0.1) is 56.2 Å². The van der Waals surface area contributed by atoms with Gasteiger partial charge >= 0.3 is 0 Å². The molecule has 0 amide bonds. The van der Waals surface area contributed by atoms with Crippen LogP contribution in [0.5, 0.6) is 17.2 Å². The van der Waals surface area contributed by atoms with Gasteiger partial charge in [-0.15, -0.1) is 0 Å². The van der Waals surface area contributed by atoms with Crippen LogP contribution in [0.4, 0.5) is 0 Å². The first-order chi connectivity index (χ1) is 14.3. The van der Waals surface area contributed by atoms with E-state index in [4.69, 9.17) is 29.1 Å². The zero-order valence-electron chi connectivity index (χ0n) is 17.4. The van der Waals surface area contributed by atoms with Crippen molar-refractivity contribution in [3.63, 3.8) is 0 Å². The van der Waals surface area contributed by atoms with Crippen molar-refractivity contribution in [2.24, 2.45) is 16.7 Å². The van der Waals surface area contributed by atoms with Crippen molar-refractivity contribution >= 4 is 5.90 Å². The van der Waals surface area contributed by atoms with Crippen LogP contribution in [-0.4, -0.2) is 33.0 Å². The Kier molecular flexibility index (Phi) is 5.02. The number of methoxy groups -OCH3 is 3. The van der Waals surface area contributed by atoms with E-state index in [0.717, 1.165) is 0 Å². The molecule has 0 spiro atoms. The summed E-state index contributed by atoms with van der Waals surface area (Å²) in [4.78, 5) is 0. The summed E-state index contributed by atoms with van der Waals surface area (Å²) in [6.07, 6.45) is -0.945. The molecule has 1 aromatic carbocycles. The molecule has 9 heteroatoms. The van der Waals surface area contributed by atoms with E-state index in [1.54, 1.807) is 26.0 Å². The smallest absolute Gasteiger partial charge is 0.217 e. The predicted octanol–water partition coefficient (Wildman–Crippen LogP) is 3.08. The lowest BCUT2D eigenvalue weighted by Crippen LogP contribution is -2.58. The first-order valence-corrected chi connectivity index (χ1v) is 9.30. The van der Waals surface area contributed by atoms with Gasteiger partial charge in [-0.05, 0) is 6.07 Å². The molecule has 2 bridgehead atoms. The number of nitrogens with zero attached hydrogens (tertiary/aromatic N) is 3. The lowest BCUT2D eigenvalue weighted by Gasteiger charge is -2.48. The van der Waals surface area contributed by atoms with Gasteiger partial charge in [0.2, 0.25) is 17.1 Å². The zero-order chi connectivity index (χ0) is 22.3. The van der Waals surface area contributed by atoms with E-state index in [-0.39, 0.29) is 5.75 Å². The van der Waals surface area contributed by atoms with Crippen LogP contribution >= 0.6 is 0 Å². The molecule has 30 heavy (non-hydrogen) atoms. The minimum atomic E-state index is -2.07. The Labute approximate surface area is 174 Å². The monoisotopic (exact) mass is 410 g/mol. The molecular weight excluding hydrogens is 388 g/mol. The van der Waals surface area contributed by atoms with Gasteiger partial charge in [-0.25, -0.2) is 0 Å². The number of hydrogen-bond acceptors (Lipinski definition) is 9. The topological polar surface area (TPSA) is 141 Å². The van der Waals surface area contributed by atoms with Crippen LogP contribution < -0.4 is 14.2 Å². The van der Waals surface area contributed by atoms with E-state index in [0.29, 0.717) is 23.5 Å². The van der Waals surface area contributed by atoms with Crippen molar-refractivity contribution in [3.8, 4) is 35.5 Å². The molecule has 0 aromatic heterocycles. The lowest BCUT2D eigenvalue weighted by atomic mass is 9.53. The number of ether oxygens (including phenoxy) is 5. The highest BCUT2D eigenvalue weighted by atomic mass is 16.7. The third kappa shape index (κ3) is 2.26. The highest BCUT2D eigenvalue weighted by Gasteiger charge is 2.79. The molecule has 0 radical (unpaired) electrons. The second-order valence-corrected chi connectivity index (χ2v) is 7.22. The summed E-state index contributed by atoms with van der Waals surface area (Å²) in [5.74, 6) is -1.51. The first kappa shape index (κ1) is 21.2. The Morgan fingerprint density at radius 1 is 1.00 bits per heavy atom. The molecular formula is C21H22N4O5. The van der Waals surface area contributed by atoms with Crippen molar-refractivity contribution < 1.29 is 23.7 Å². The third-order valence-electron chi connectivity index (χ3n) is 6.32. The summed E-state index contributed by atoms with van der Waals surface area (Å²) in [7, 11) is 4.35. The van der Waals surface area contributed by atoms with Crippen LogP contribution in [-0.2, 0) is 9.47 Å². The largest absolute Gasteiger partial charge is 0.496 e. The summed E-state index contributed by atoms with van der Waals surface area (Å²) >= 11 is 0. The fourth-order valence-electron chi connectivity index (χ4n) is 4.58. The Hall–Kier alpha value is -3.48. The molecule has 2 fully saturated rings. The summed E-state index contributed by atoms with van der Waals surface area (Å²) in [5.41, 5.74) is -3.57. The molecule has 2 saturated heterocycles. The Bertz CT molecular complexity index is 1010. The van der Waals surface area contributed by atoms with Crippen molar-refractivity contribution in [2.45, 2.75) is 32.2 Å². The molecule has 156 valence electrons. The zero-order valence-corrected chi connectivity index (χ0v) is 17.4. The Morgan fingerprint density at radius 2 is 1.57 bits per heavy atom. The van der Waals surface area contributed by atoms with Crippen LogP contribution in [0.3, 0.4) is 0 Å². The van der Waals surface area contributed by atoms with Gasteiger partial charge in [0.05, 0.1) is 45.5 Å². The number of fused-ring (bicyclic) bond motifs is 2. The summed E-state index contributed by atoms with van der Waals surface area (Å²) in [6, 6.07) is 9.18.